The molecule has 0 saturated heterocycles. The molecule has 1 aromatic heterocycles. The summed E-state index contributed by atoms with van der Waals surface area (Å²) >= 11 is 1.55. The Balaban J connectivity index is 2.56. The molecular weight excluding hydrogens is 222 g/mol. The number of aryl methyl sites for hydroxylation is 1. The van der Waals surface area contributed by atoms with Crippen LogP contribution >= 0.6 is 11.3 Å². The summed E-state index contributed by atoms with van der Waals surface area (Å²) in [6.45, 7) is 6.62. The van der Waals surface area contributed by atoms with Crippen molar-refractivity contribution in [1.82, 2.24) is 9.88 Å². The Labute approximate surface area is 101 Å². The van der Waals surface area contributed by atoms with Gasteiger partial charge in [-0.2, -0.15) is 0 Å². The molecule has 90 valence electrons. The molecule has 1 aromatic rings. The molecule has 0 bridgehead atoms. The zero-order valence-electron chi connectivity index (χ0n) is 10.3. The molecule has 0 saturated carbocycles. The van der Waals surface area contributed by atoms with E-state index in [1.165, 1.54) is 0 Å². The summed E-state index contributed by atoms with van der Waals surface area (Å²) in [4.78, 5) is 17.9. The van der Waals surface area contributed by atoms with E-state index in [1.807, 2.05) is 19.2 Å². The third-order valence-corrected chi connectivity index (χ3v) is 3.30. The number of hydrogen-bond acceptors (Lipinski definition) is 4. The maximum atomic E-state index is 11.8. The van der Waals surface area contributed by atoms with E-state index in [0.29, 0.717) is 0 Å². The predicted molar refractivity (Wildman–Crippen MR) is 67.9 cm³/mol. The number of likely N-dealkylation sites (N-methyl/N-ethyl adjacent to an activating group) is 1. The summed E-state index contributed by atoms with van der Waals surface area (Å²) < 4.78 is 0. The second kappa shape index (κ2) is 5.84. The summed E-state index contributed by atoms with van der Waals surface area (Å²) in [6, 6.07) is -0.221. The van der Waals surface area contributed by atoms with Gasteiger partial charge in [0.1, 0.15) is 6.04 Å². The zero-order valence-corrected chi connectivity index (χ0v) is 11.1. The van der Waals surface area contributed by atoms with Crippen LogP contribution < -0.4 is 5.32 Å². The normalized spacial score (nSPS) is 12.2. The van der Waals surface area contributed by atoms with Crippen LogP contribution in [0.15, 0.2) is 5.38 Å². The van der Waals surface area contributed by atoms with E-state index in [0.717, 1.165) is 23.8 Å². The number of rotatable bonds is 5. The van der Waals surface area contributed by atoms with Gasteiger partial charge in [-0.05, 0) is 20.3 Å². The predicted octanol–water partition coefficient (Wildman–Crippen LogP) is 1.98. The van der Waals surface area contributed by atoms with Crippen LogP contribution in [0.4, 0.5) is 5.13 Å². The van der Waals surface area contributed by atoms with E-state index in [-0.39, 0.29) is 11.9 Å². The minimum Gasteiger partial charge on any atom is -0.350 e. The average Bonchev–Trinajstić information content (AvgIpc) is 2.74. The van der Waals surface area contributed by atoms with Crippen molar-refractivity contribution in [2.45, 2.75) is 33.2 Å². The highest BCUT2D eigenvalue weighted by atomic mass is 32.1. The molecule has 0 aliphatic rings. The molecule has 0 radical (unpaired) electrons. The lowest BCUT2D eigenvalue weighted by molar-refractivity contribution is -0.130. The first-order valence-electron chi connectivity index (χ1n) is 5.54. The van der Waals surface area contributed by atoms with Gasteiger partial charge in [0, 0.05) is 19.0 Å². The summed E-state index contributed by atoms with van der Waals surface area (Å²) in [5.74, 6) is 0.0933. The van der Waals surface area contributed by atoms with Crippen LogP contribution in [0.1, 0.15) is 26.5 Å². The highest BCUT2D eigenvalue weighted by molar-refractivity contribution is 7.13. The number of amides is 1. The van der Waals surface area contributed by atoms with Crippen LogP contribution in [-0.4, -0.2) is 35.4 Å². The second-order valence-corrected chi connectivity index (χ2v) is 4.57. The molecule has 1 rings (SSSR count). The fraction of sp³-hybridized carbons (Fsp3) is 0.636. The number of nitrogens with zero attached hydrogens (tertiary/aromatic N) is 2. The Morgan fingerprint density at radius 3 is 2.81 bits per heavy atom. The monoisotopic (exact) mass is 241 g/mol. The third-order valence-electron chi connectivity index (χ3n) is 2.47. The van der Waals surface area contributed by atoms with Crippen LogP contribution in [0.2, 0.25) is 0 Å². The van der Waals surface area contributed by atoms with E-state index >= 15 is 0 Å². The fourth-order valence-corrected chi connectivity index (χ4v) is 2.15. The van der Waals surface area contributed by atoms with Crippen molar-refractivity contribution in [3.05, 3.63) is 11.1 Å². The molecule has 0 aliphatic heterocycles. The fourth-order valence-electron chi connectivity index (χ4n) is 1.27. The molecule has 1 unspecified atom stereocenters. The number of thiazole rings is 1. The van der Waals surface area contributed by atoms with E-state index < -0.39 is 0 Å². The summed E-state index contributed by atoms with van der Waals surface area (Å²) in [5, 5.41) is 5.97. The molecule has 1 atom stereocenters. The molecule has 1 amide bonds. The van der Waals surface area contributed by atoms with Crippen molar-refractivity contribution in [1.29, 1.82) is 0 Å². The number of hydrogen-bond donors (Lipinski definition) is 1. The van der Waals surface area contributed by atoms with E-state index in [1.54, 1.807) is 23.3 Å². The maximum absolute atomic E-state index is 11.8. The maximum Gasteiger partial charge on any atom is 0.244 e. The van der Waals surface area contributed by atoms with Gasteiger partial charge in [0.2, 0.25) is 5.91 Å². The van der Waals surface area contributed by atoms with Gasteiger partial charge in [-0.1, -0.05) is 6.92 Å². The Morgan fingerprint density at radius 1 is 1.62 bits per heavy atom. The number of carbonyl (C=O) groups excluding carboxylic acids is 1. The number of anilines is 1. The Hall–Kier alpha value is -1.10. The van der Waals surface area contributed by atoms with Crippen molar-refractivity contribution in [3.8, 4) is 0 Å². The Morgan fingerprint density at radius 2 is 2.31 bits per heavy atom. The third kappa shape index (κ3) is 3.20. The molecule has 1 heterocycles. The molecule has 0 aliphatic carbocycles. The highest BCUT2D eigenvalue weighted by Gasteiger charge is 2.16. The SMILES string of the molecule is CCc1csc(NC(C)C(=O)N(C)CC)n1. The summed E-state index contributed by atoms with van der Waals surface area (Å²) in [5.41, 5.74) is 1.07. The van der Waals surface area contributed by atoms with Crippen molar-refractivity contribution in [2.24, 2.45) is 0 Å². The van der Waals surface area contributed by atoms with Crippen molar-refractivity contribution in [2.75, 3.05) is 18.9 Å². The first kappa shape index (κ1) is 13.0. The van der Waals surface area contributed by atoms with Crippen molar-refractivity contribution < 1.29 is 4.79 Å². The standard InChI is InChI=1S/C11H19N3OS/c1-5-9-7-16-11(13-9)12-8(3)10(15)14(4)6-2/h7-8H,5-6H2,1-4H3,(H,12,13). The summed E-state index contributed by atoms with van der Waals surface area (Å²) in [6.07, 6.45) is 0.926. The van der Waals surface area contributed by atoms with E-state index in [4.69, 9.17) is 0 Å². The van der Waals surface area contributed by atoms with Crippen LogP contribution in [-0.2, 0) is 11.2 Å². The van der Waals surface area contributed by atoms with Crippen molar-refractivity contribution in [3.63, 3.8) is 0 Å². The van der Waals surface area contributed by atoms with Crippen LogP contribution in [0.3, 0.4) is 0 Å². The average molecular weight is 241 g/mol. The Kier molecular flexibility index (Phi) is 4.73. The highest BCUT2D eigenvalue weighted by Crippen LogP contribution is 2.16. The number of carbonyl (C=O) groups is 1. The van der Waals surface area contributed by atoms with Gasteiger partial charge in [-0.3, -0.25) is 4.79 Å². The molecule has 16 heavy (non-hydrogen) atoms. The molecule has 1 N–H and O–H groups in total. The summed E-state index contributed by atoms with van der Waals surface area (Å²) in [7, 11) is 1.81. The van der Waals surface area contributed by atoms with Gasteiger partial charge < -0.3 is 10.2 Å². The zero-order chi connectivity index (χ0) is 12.1. The van der Waals surface area contributed by atoms with Crippen LogP contribution in [0.5, 0.6) is 0 Å². The van der Waals surface area contributed by atoms with Gasteiger partial charge in [0.25, 0.3) is 0 Å². The quantitative estimate of drug-likeness (QED) is 0.857. The molecule has 0 fully saturated rings. The van der Waals surface area contributed by atoms with Gasteiger partial charge in [-0.15, -0.1) is 11.3 Å². The Bertz CT molecular complexity index is 351. The minimum atomic E-state index is -0.221. The first-order chi connectivity index (χ1) is 7.58. The van der Waals surface area contributed by atoms with Gasteiger partial charge in [0.15, 0.2) is 5.13 Å². The largest absolute Gasteiger partial charge is 0.350 e. The smallest absolute Gasteiger partial charge is 0.244 e. The van der Waals surface area contributed by atoms with Gasteiger partial charge >= 0.3 is 0 Å². The molecule has 4 nitrogen and oxygen atoms in total. The van der Waals surface area contributed by atoms with Gasteiger partial charge in [0.05, 0.1) is 5.69 Å². The van der Waals surface area contributed by atoms with Crippen LogP contribution in [0.25, 0.3) is 0 Å². The second-order valence-electron chi connectivity index (χ2n) is 3.72. The molecule has 5 heteroatoms. The molecule has 0 aromatic carbocycles. The van der Waals surface area contributed by atoms with E-state index in [9.17, 15) is 4.79 Å². The van der Waals surface area contributed by atoms with Gasteiger partial charge in [-0.25, -0.2) is 4.98 Å². The van der Waals surface area contributed by atoms with Crippen LogP contribution in [0, 0.1) is 0 Å². The van der Waals surface area contributed by atoms with Crippen molar-refractivity contribution >= 4 is 22.4 Å². The lowest BCUT2D eigenvalue weighted by Crippen LogP contribution is -2.38. The van der Waals surface area contributed by atoms with E-state index in [2.05, 4.69) is 17.2 Å². The minimum absolute atomic E-state index is 0.0933. The lowest BCUT2D eigenvalue weighted by atomic mass is 10.3. The lowest BCUT2D eigenvalue weighted by Gasteiger charge is -2.20. The molecular formula is C11H19N3OS. The molecule has 0 spiro atoms. The number of nitrogens with one attached hydrogen (secondary N) is 1. The first-order valence-corrected chi connectivity index (χ1v) is 6.42. The number of aromatic nitrogens is 1. The topological polar surface area (TPSA) is 45.2 Å².